The van der Waals surface area contributed by atoms with Gasteiger partial charge in [-0.2, -0.15) is 5.26 Å². The number of likely N-dealkylation sites (tertiary alicyclic amines) is 1. The molecule has 0 radical (unpaired) electrons. The Hall–Kier alpha value is -2.31. The van der Waals surface area contributed by atoms with Crippen molar-refractivity contribution < 1.29 is 4.74 Å². The molecule has 3 nitrogen and oxygen atoms in total. The van der Waals surface area contributed by atoms with Gasteiger partial charge in [-0.25, -0.2) is 0 Å². The van der Waals surface area contributed by atoms with E-state index in [0.29, 0.717) is 5.56 Å². The maximum Gasteiger partial charge on any atom is 0.119 e. The van der Waals surface area contributed by atoms with Crippen LogP contribution in [0.25, 0.3) is 11.1 Å². The van der Waals surface area contributed by atoms with Gasteiger partial charge in [0.25, 0.3) is 0 Å². The smallest absolute Gasteiger partial charge is 0.119 e. The molecule has 0 aromatic heterocycles. The summed E-state index contributed by atoms with van der Waals surface area (Å²) in [5.41, 5.74) is 2.94. The van der Waals surface area contributed by atoms with Crippen LogP contribution in [0.2, 0.25) is 0 Å². The molecule has 0 N–H and O–H groups in total. The molecule has 2 aromatic rings. The van der Waals surface area contributed by atoms with Crippen LogP contribution in [0.3, 0.4) is 0 Å². The number of nitrogens with zero attached hydrogens (tertiary/aromatic N) is 2. The average Bonchev–Trinajstić information content (AvgIpc) is 3.04. The molecule has 0 aliphatic carbocycles. The Kier molecular flexibility index (Phi) is 5.51. The Morgan fingerprint density at radius 3 is 2.33 bits per heavy atom. The Morgan fingerprint density at radius 1 is 1.08 bits per heavy atom. The highest BCUT2D eigenvalue weighted by atomic mass is 16.5. The van der Waals surface area contributed by atoms with Crippen LogP contribution in [0.4, 0.5) is 0 Å². The highest BCUT2D eigenvalue weighted by Gasteiger charge is 2.18. The van der Waals surface area contributed by atoms with Crippen LogP contribution in [0.5, 0.6) is 5.75 Å². The molecular formula is C21H24N2O. The molecule has 1 atom stereocenters. The first-order valence-corrected chi connectivity index (χ1v) is 8.74. The lowest BCUT2D eigenvalue weighted by Crippen LogP contribution is -2.28. The summed E-state index contributed by atoms with van der Waals surface area (Å²) in [4.78, 5) is 2.55. The lowest BCUT2D eigenvalue weighted by molar-refractivity contribution is 0.230. The maximum atomic E-state index is 8.85. The van der Waals surface area contributed by atoms with Gasteiger partial charge < -0.3 is 9.64 Å². The fourth-order valence-corrected chi connectivity index (χ4v) is 3.26. The zero-order chi connectivity index (χ0) is 16.8. The monoisotopic (exact) mass is 320 g/mol. The molecule has 0 saturated carbocycles. The fourth-order valence-electron chi connectivity index (χ4n) is 3.26. The third-order valence-electron chi connectivity index (χ3n) is 4.75. The zero-order valence-corrected chi connectivity index (χ0v) is 14.2. The molecule has 2 aromatic carbocycles. The summed E-state index contributed by atoms with van der Waals surface area (Å²) in [6.45, 7) is 5.44. The van der Waals surface area contributed by atoms with Gasteiger partial charge in [0.05, 0.1) is 18.2 Å². The topological polar surface area (TPSA) is 36.3 Å². The van der Waals surface area contributed by atoms with Crippen molar-refractivity contribution in [2.24, 2.45) is 0 Å². The quantitative estimate of drug-likeness (QED) is 0.736. The summed E-state index contributed by atoms with van der Waals surface area (Å²) in [5, 5.41) is 8.85. The summed E-state index contributed by atoms with van der Waals surface area (Å²) >= 11 is 0. The van der Waals surface area contributed by atoms with Crippen LogP contribution in [0, 0.1) is 11.3 Å². The number of rotatable bonds is 6. The summed E-state index contributed by atoms with van der Waals surface area (Å²) in [6, 6.07) is 18.7. The van der Waals surface area contributed by atoms with Gasteiger partial charge in [0.15, 0.2) is 0 Å². The normalized spacial score (nSPS) is 17.6. The molecule has 1 aliphatic rings. The Morgan fingerprint density at radius 2 is 1.75 bits per heavy atom. The third-order valence-corrected chi connectivity index (χ3v) is 4.75. The van der Waals surface area contributed by atoms with Crippen molar-refractivity contribution in [2.45, 2.75) is 32.2 Å². The Labute approximate surface area is 144 Å². The molecule has 0 spiro atoms. The van der Waals surface area contributed by atoms with Crippen molar-refractivity contribution in [3.05, 3.63) is 54.1 Å². The molecule has 0 bridgehead atoms. The zero-order valence-electron chi connectivity index (χ0n) is 14.2. The standard InChI is InChI=1S/C21H24N2O/c1-17-4-2-13-23(17)14-3-15-24-21-11-9-20(10-12-21)19-7-5-18(16-22)6-8-19/h5-12,17H,2-4,13-15H2,1H3/t17-/m1/s1. The van der Waals surface area contributed by atoms with E-state index in [-0.39, 0.29) is 0 Å². The van der Waals surface area contributed by atoms with Crippen molar-refractivity contribution in [1.29, 1.82) is 5.26 Å². The van der Waals surface area contributed by atoms with E-state index in [2.05, 4.69) is 30.0 Å². The van der Waals surface area contributed by atoms with Crippen LogP contribution < -0.4 is 4.74 Å². The van der Waals surface area contributed by atoms with E-state index in [1.807, 2.05) is 36.4 Å². The summed E-state index contributed by atoms with van der Waals surface area (Å²) in [7, 11) is 0. The molecule has 1 heterocycles. The minimum atomic E-state index is 0.686. The van der Waals surface area contributed by atoms with Crippen LogP contribution in [0.1, 0.15) is 31.7 Å². The molecule has 3 heteroatoms. The highest BCUT2D eigenvalue weighted by Crippen LogP contribution is 2.23. The van der Waals surface area contributed by atoms with E-state index >= 15 is 0 Å². The van der Waals surface area contributed by atoms with Gasteiger partial charge in [-0.3, -0.25) is 0 Å². The predicted octanol–water partition coefficient (Wildman–Crippen LogP) is 4.48. The van der Waals surface area contributed by atoms with Crippen LogP contribution in [-0.2, 0) is 0 Å². The first kappa shape index (κ1) is 16.5. The van der Waals surface area contributed by atoms with Crippen LogP contribution in [-0.4, -0.2) is 30.6 Å². The minimum absolute atomic E-state index is 0.686. The number of benzene rings is 2. The number of nitriles is 1. The van der Waals surface area contributed by atoms with Crippen molar-refractivity contribution in [1.82, 2.24) is 4.90 Å². The van der Waals surface area contributed by atoms with Gasteiger partial charge in [0.1, 0.15) is 5.75 Å². The van der Waals surface area contributed by atoms with E-state index in [9.17, 15) is 0 Å². The molecular weight excluding hydrogens is 296 g/mol. The van der Waals surface area contributed by atoms with E-state index in [0.717, 1.165) is 42.5 Å². The first-order valence-electron chi connectivity index (χ1n) is 8.74. The second-order valence-electron chi connectivity index (χ2n) is 6.44. The molecule has 1 saturated heterocycles. The highest BCUT2D eigenvalue weighted by molar-refractivity contribution is 5.64. The van der Waals surface area contributed by atoms with E-state index in [1.54, 1.807) is 0 Å². The average molecular weight is 320 g/mol. The lowest BCUT2D eigenvalue weighted by Gasteiger charge is -2.20. The number of ether oxygens (including phenoxy) is 1. The van der Waals surface area contributed by atoms with Gasteiger partial charge in [0.2, 0.25) is 0 Å². The van der Waals surface area contributed by atoms with Gasteiger partial charge in [-0.05, 0) is 68.1 Å². The second kappa shape index (κ2) is 7.99. The van der Waals surface area contributed by atoms with Gasteiger partial charge >= 0.3 is 0 Å². The molecule has 3 rings (SSSR count). The van der Waals surface area contributed by atoms with Crippen molar-refractivity contribution in [3.63, 3.8) is 0 Å². The predicted molar refractivity (Wildman–Crippen MR) is 97.0 cm³/mol. The van der Waals surface area contributed by atoms with E-state index in [1.165, 1.54) is 19.4 Å². The van der Waals surface area contributed by atoms with Crippen LogP contribution in [0.15, 0.2) is 48.5 Å². The number of hydrogen-bond acceptors (Lipinski definition) is 3. The van der Waals surface area contributed by atoms with Crippen LogP contribution >= 0.6 is 0 Å². The summed E-state index contributed by atoms with van der Waals surface area (Å²) < 4.78 is 5.86. The Bertz CT molecular complexity index is 685. The lowest BCUT2D eigenvalue weighted by atomic mass is 10.0. The van der Waals surface area contributed by atoms with E-state index < -0.39 is 0 Å². The third kappa shape index (κ3) is 4.15. The first-order chi connectivity index (χ1) is 11.8. The minimum Gasteiger partial charge on any atom is -0.494 e. The van der Waals surface area contributed by atoms with Gasteiger partial charge in [-0.15, -0.1) is 0 Å². The largest absolute Gasteiger partial charge is 0.494 e. The second-order valence-corrected chi connectivity index (χ2v) is 6.44. The fraction of sp³-hybridized carbons (Fsp3) is 0.381. The summed E-state index contributed by atoms with van der Waals surface area (Å²) in [5.74, 6) is 0.918. The van der Waals surface area contributed by atoms with E-state index in [4.69, 9.17) is 10.00 Å². The van der Waals surface area contributed by atoms with Gasteiger partial charge in [-0.1, -0.05) is 24.3 Å². The summed E-state index contributed by atoms with van der Waals surface area (Å²) in [6.07, 6.45) is 3.73. The molecule has 124 valence electrons. The molecule has 24 heavy (non-hydrogen) atoms. The molecule has 0 amide bonds. The molecule has 0 unspecified atom stereocenters. The SMILES string of the molecule is C[C@@H]1CCCN1CCCOc1ccc(-c2ccc(C#N)cc2)cc1. The van der Waals surface area contributed by atoms with Gasteiger partial charge in [0, 0.05) is 12.6 Å². The van der Waals surface area contributed by atoms with Crippen molar-refractivity contribution in [2.75, 3.05) is 19.7 Å². The van der Waals surface area contributed by atoms with Crippen molar-refractivity contribution >= 4 is 0 Å². The Balaban J connectivity index is 1.48. The number of hydrogen-bond donors (Lipinski definition) is 0. The maximum absolute atomic E-state index is 8.85. The van der Waals surface area contributed by atoms with Crippen molar-refractivity contribution in [3.8, 4) is 22.9 Å². The molecule has 1 fully saturated rings. The molecule has 1 aliphatic heterocycles.